The second-order valence-electron chi connectivity index (χ2n) is 4.30. The molecule has 10 nitrogen and oxygen atoms in total. The van der Waals surface area contributed by atoms with E-state index >= 15 is 0 Å². The van der Waals surface area contributed by atoms with Gasteiger partial charge in [0, 0.05) is 13.1 Å². The third-order valence-electron chi connectivity index (χ3n) is 2.81. The van der Waals surface area contributed by atoms with Crippen LogP contribution in [0, 0.1) is 0 Å². The van der Waals surface area contributed by atoms with Crippen LogP contribution in [0.15, 0.2) is 12.7 Å². The van der Waals surface area contributed by atoms with Gasteiger partial charge in [-0.25, -0.2) is 15.0 Å². The minimum absolute atomic E-state index is 0.0970. The molecule has 2 heterocycles. The smallest absolute Gasteiger partial charge is 0.323 e. The van der Waals surface area contributed by atoms with E-state index in [2.05, 4.69) is 15.0 Å². The van der Waals surface area contributed by atoms with E-state index in [1.807, 2.05) is 0 Å². The molecule has 0 saturated carbocycles. The van der Waals surface area contributed by atoms with Gasteiger partial charge >= 0.3 is 5.97 Å². The molecule has 0 spiro atoms. The Bertz CT molecular complexity index is 669. The molecule has 0 atom stereocenters. The predicted octanol–water partition coefficient (Wildman–Crippen LogP) is -1.72. The normalized spacial score (nSPS) is 10.7. The summed E-state index contributed by atoms with van der Waals surface area (Å²) in [5.74, 6) is -1.27. The summed E-state index contributed by atoms with van der Waals surface area (Å²) in [6.07, 6.45) is 2.68. The molecule has 2 rings (SSSR count). The first-order chi connectivity index (χ1) is 10.0. The maximum atomic E-state index is 12.1. The van der Waals surface area contributed by atoms with E-state index in [1.54, 1.807) is 0 Å². The van der Waals surface area contributed by atoms with Crippen LogP contribution in [0.4, 0.5) is 5.82 Å². The summed E-state index contributed by atoms with van der Waals surface area (Å²) < 4.78 is 1.49. The first-order valence-electron chi connectivity index (χ1n) is 6.14. The van der Waals surface area contributed by atoms with E-state index in [9.17, 15) is 9.59 Å². The summed E-state index contributed by atoms with van der Waals surface area (Å²) >= 11 is 0. The van der Waals surface area contributed by atoms with E-state index < -0.39 is 12.5 Å². The summed E-state index contributed by atoms with van der Waals surface area (Å²) in [6.45, 7) is -0.159. The maximum absolute atomic E-state index is 12.1. The number of fused-ring (bicyclic) bond motifs is 1. The Balaban J connectivity index is 2.20. The molecule has 0 aromatic carbocycles. The molecule has 0 aliphatic rings. The Morgan fingerprint density at radius 3 is 2.76 bits per heavy atom. The van der Waals surface area contributed by atoms with Crippen LogP contribution < -0.4 is 11.5 Å². The highest BCUT2D eigenvalue weighted by Gasteiger charge is 2.18. The van der Waals surface area contributed by atoms with E-state index in [-0.39, 0.29) is 31.4 Å². The molecule has 5 N–H and O–H groups in total. The Kier molecular flexibility index (Phi) is 4.28. The molecule has 2 aromatic heterocycles. The second kappa shape index (κ2) is 6.13. The second-order valence-corrected chi connectivity index (χ2v) is 4.30. The molecule has 2 aromatic rings. The topological polar surface area (TPSA) is 153 Å². The van der Waals surface area contributed by atoms with Crippen LogP contribution in [0.5, 0.6) is 0 Å². The Morgan fingerprint density at radius 1 is 1.33 bits per heavy atom. The SMILES string of the molecule is NCCN(CC(=O)O)C(=O)Cn1cnc2c(N)ncnc21. The molecule has 10 heteroatoms. The van der Waals surface area contributed by atoms with Crippen LogP contribution in [0.3, 0.4) is 0 Å². The van der Waals surface area contributed by atoms with Crippen molar-refractivity contribution >= 4 is 28.9 Å². The zero-order chi connectivity index (χ0) is 15.4. The van der Waals surface area contributed by atoms with Crippen molar-refractivity contribution in [2.75, 3.05) is 25.4 Å². The first-order valence-corrected chi connectivity index (χ1v) is 6.14. The summed E-state index contributed by atoms with van der Waals surface area (Å²) in [5, 5.41) is 8.80. The van der Waals surface area contributed by atoms with Gasteiger partial charge in [0.2, 0.25) is 5.91 Å². The fourth-order valence-corrected chi connectivity index (χ4v) is 1.87. The molecule has 0 bridgehead atoms. The molecule has 1 amide bonds. The van der Waals surface area contributed by atoms with Gasteiger partial charge in [0.1, 0.15) is 24.9 Å². The van der Waals surface area contributed by atoms with Gasteiger partial charge in [0.25, 0.3) is 0 Å². The first kappa shape index (κ1) is 14.7. The largest absolute Gasteiger partial charge is 0.480 e. The van der Waals surface area contributed by atoms with Crippen LogP contribution in [0.2, 0.25) is 0 Å². The molecular formula is C11H15N7O3. The van der Waals surface area contributed by atoms with Crippen molar-refractivity contribution in [1.82, 2.24) is 24.4 Å². The minimum Gasteiger partial charge on any atom is -0.480 e. The number of carbonyl (C=O) groups is 2. The fourth-order valence-electron chi connectivity index (χ4n) is 1.87. The number of amides is 1. The van der Waals surface area contributed by atoms with Gasteiger partial charge in [-0.15, -0.1) is 0 Å². The van der Waals surface area contributed by atoms with Gasteiger partial charge in [-0.05, 0) is 0 Å². The van der Waals surface area contributed by atoms with Crippen LogP contribution in [-0.4, -0.2) is 61.0 Å². The van der Waals surface area contributed by atoms with Crippen molar-refractivity contribution in [2.24, 2.45) is 5.73 Å². The van der Waals surface area contributed by atoms with E-state index in [0.29, 0.717) is 11.2 Å². The summed E-state index contributed by atoms with van der Waals surface area (Å²) in [4.78, 5) is 35.9. The number of hydrogen-bond donors (Lipinski definition) is 3. The van der Waals surface area contributed by atoms with E-state index in [1.165, 1.54) is 22.1 Å². The molecule has 0 aliphatic heterocycles. The molecule has 0 unspecified atom stereocenters. The number of carboxylic acid groups (broad SMARTS) is 1. The number of nitrogens with zero attached hydrogens (tertiary/aromatic N) is 5. The molecular weight excluding hydrogens is 278 g/mol. The lowest BCUT2D eigenvalue weighted by Gasteiger charge is -2.20. The fraction of sp³-hybridized carbons (Fsp3) is 0.364. The quantitative estimate of drug-likeness (QED) is 0.568. The lowest BCUT2D eigenvalue weighted by atomic mass is 10.4. The highest BCUT2D eigenvalue weighted by atomic mass is 16.4. The lowest BCUT2D eigenvalue weighted by molar-refractivity contribution is -0.144. The minimum atomic E-state index is -1.10. The molecule has 112 valence electrons. The van der Waals surface area contributed by atoms with Crippen molar-refractivity contribution in [3.05, 3.63) is 12.7 Å². The van der Waals surface area contributed by atoms with Crippen LogP contribution in [-0.2, 0) is 16.1 Å². The zero-order valence-corrected chi connectivity index (χ0v) is 11.1. The van der Waals surface area contributed by atoms with Gasteiger partial charge in [-0.1, -0.05) is 0 Å². The maximum Gasteiger partial charge on any atom is 0.323 e. The molecule has 0 radical (unpaired) electrons. The monoisotopic (exact) mass is 293 g/mol. The third kappa shape index (κ3) is 3.23. The number of hydrogen-bond acceptors (Lipinski definition) is 7. The summed E-state index contributed by atoms with van der Waals surface area (Å²) in [6, 6.07) is 0. The Morgan fingerprint density at radius 2 is 2.10 bits per heavy atom. The molecule has 0 fully saturated rings. The van der Waals surface area contributed by atoms with Crippen LogP contribution >= 0.6 is 0 Å². The summed E-state index contributed by atoms with van der Waals surface area (Å²) in [5.41, 5.74) is 11.9. The standard InChI is InChI=1S/C11H15N7O3/c12-1-2-17(4-8(20)21)7(19)3-18-6-16-9-10(13)14-5-15-11(9)18/h5-6H,1-4,12H2,(H,20,21)(H2,13,14,15). The summed E-state index contributed by atoms with van der Waals surface area (Å²) in [7, 11) is 0. The predicted molar refractivity (Wildman–Crippen MR) is 73.0 cm³/mol. The van der Waals surface area contributed by atoms with Gasteiger partial charge in [0.15, 0.2) is 11.5 Å². The van der Waals surface area contributed by atoms with Crippen LogP contribution in [0.1, 0.15) is 0 Å². The van der Waals surface area contributed by atoms with Crippen molar-refractivity contribution in [1.29, 1.82) is 0 Å². The van der Waals surface area contributed by atoms with Gasteiger partial charge in [-0.2, -0.15) is 0 Å². The van der Waals surface area contributed by atoms with Crippen molar-refractivity contribution in [2.45, 2.75) is 6.54 Å². The number of carboxylic acids is 1. The molecule has 21 heavy (non-hydrogen) atoms. The highest BCUT2D eigenvalue weighted by Crippen LogP contribution is 2.14. The van der Waals surface area contributed by atoms with Crippen molar-refractivity contribution in [3.8, 4) is 0 Å². The van der Waals surface area contributed by atoms with Gasteiger partial charge < -0.3 is 26.0 Å². The average molecular weight is 293 g/mol. The number of imidazole rings is 1. The number of nitrogens with two attached hydrogens (primary N) is 2. The Labute approximate surface area is 119 Å². The number of anilines is 1. The Hall–Kier alpha value is -2.75. The molecule has 0 aliphatic carbocycles. The van der Waals surface area contributed by atoms with Gasteiger partial charge in [0.05, 0.1) is 6.33 Å². The number of aliphatic carboxylic acids is 1. The number of rotatable bonds is 6. The zero-order valence-electron chi connectivity index (χ0n) is 11.1. The highest BCUT2D eigenvalue weighted by molar-refractivity contribution is 5.85. The number of carbonyl (C=O) groups excluding carboxylic acids is 1. The van der Waals surface area contributed by atoms with Crippen LogP contribution in [0.25, 0.3) is 11.2 Å². The number of aromatic nitrogens is 4. The third-order valence-corrected chi connectivity index (χ3v) is 2.81. The van der Waals surface area contributed by atoms with Gasteiger partial charge in [-0.3, -0.25) is 9.59 Å². The molecule has 0 saturated heterocycles. The van der Waals surface area contributed by atoms with Crippen molar-refractivity contribution in [3.63, 3.8) is 0 Å². The van der Waals surface area contributed by atoms with Crippen molar-refractivity contribution < 1.29 is 14.7 Å². The lowest BCUT2D eigenvalue weighted by Crippen LogP contribution is -2.40. The van der Waals surface area contributed by atoms with E-state index in [0.717, 1.165) is 0 Å². The average Bonchev–Trinajstić information content (AvgIpc) is 2.82. The number of nitrogen functional groups attached to an aromatic ring is 1. The van der Waals surface area contributed by atoms with E-state index in [4.69, 9.17) is 16.6 Å².